The van der Waals surface area contributed by atoms with Crippen LogP contribution in [0.1, 0.15) is 37.8 Å². The molecule has 16 heavy (non-hydrogen) atoms. The Bertz CT molecular complexity index is 352. The van der Waals surface area contributed by atoms with Crippen LogP contribution in [-0.4, -0.2) is 6.61 Å². The van der Waals surface area contributed by atoms with Gasteiger partial charge in [-0.15, -0.1) is 0 Å². The molecule has 1 rings (SSSR count). The maximum atomic E-state index is 8.74. The van der Waals surface area contributed by atoms with Crippen molar-refractivity contribution >= 4 is 0 Å². The fourth-order valence-corrected chi connectivity index (χ4v) is 1.51. The van der Waals surface area contributed by atoms with Gasteiger partial charge in [-0.1, -0.05) is 26.0 Å². The maximum absolute atomic E-state index is 8.74. The third-order valence-corrected chi connectivity index (χ3v) is 2.39. The summed E-state index contributed by atoms with van der Waals surface area (Å²) in [6.45, 7) is 5.84. The Kier molecular flexibility index (Phi) is 5.60. The minimum Gasteiger partial charge on any atom is -0.377 e. The van der Waals surface area contributed by atoms with Gasteiger partial charge in [-0.2, -0.15) is 5.26 Å². The number of ether oxygens (including phenoxy) is 1. The third kappa shape index (κ3) is 4.95. The molecule has 0 aliphatic carbocycles. The van der Waals surface area contributed by atoms with Crippen LogP contribution >= 0.6 is 0 Å². The quantitative estimate of drug-likeness (QED) is 0.683. The standard InChI is InChI=1S/C14H19NO/c1-12(2)5-4-8-16-11-14-7-3-6-13(9-14)10-15/h3,6-7,9,12H,4-5,8,11H2,1-2H3. The van der Waals surface area contributed by atoms with Crippen molar-refractivity contribution in [3.63, 3.8) is 0 Å². The zero-order chi connectivity index (χ0) is 11.8. The van der Waals surface area contributed by atoms with Gasteiger partial charge in [0.05, 0.1) is 18.2 Å². The highest BCUT2D eigenvalue weighted by atomic mass is 16.5. The average Bonchev–Trinajstić information content (AvgIpc) is 2.28. The first-order valence-electron chi connectivity index (χ1n) is 5.79. The second-order valence-electron chi connectivity index (χ2n) is 4.40. The highest BCUT2D eigenvalue weighted by Crippen LogP contribution is 2.07. The van der Waals surface area contributed by atoms with E-state index in [9.17, 15) is 0 Å². The van der Waals surface area contributed by atoms with Crippen LogP contribution in [0, 0.1) is 17.2 Å². The second kappa shape index (κ2) is 7.03. The van der Waals surface area contributed by atoms with Crippen LogP contribution in [0.4, 0.5) is 0 Å². The molecule has 0 spiro atoms. The SMILES string of the molecule is CC(C)CCCOCc1cccc(C#N)c1. The maximum Gasteiger partial charge on any atom is 0.0991 e. The zero-order valence-corrected chi connectivity index (χ0v) is 10.1. The minimum absolute atomic E-state index is 0.605. The molecule has 0 heterocycles. The molecule has 0 N–H and O–H groups in total. The van der Waals surface area contributed by atoms with Crippen molar-refractivity contribution < 1.29 is 4.74 Å². The molecule has 2 nitrogen and oxygen atoms in total. The van der Waals surface area contributed by atoms with Crippen molar-refractivity contribution in [1.29, 1.82) is 5.26 Å². The molecule has 0 unspecified atom stereocenters. The second-order valence-corrected chi connectivity index (χ2v) is 4.40. The van der Waals surface area contributed by atoms with Gasteiger partial charge in [-0.3, -0.25) is 0 Å². The molecule has 86 valence electrons. The van der Waals surface area contributed by atoms with E-state index in [4.69, 9.17) is 10.00 Å². The lowest BCUT2D eigenvalue weighted by Gasteiger charge is -2.06. The van der Waals surface area contributed by atoms with E-state index < -0.39 is 0 Å². The van der Waals surface area contributed by atoms with Crippen LogP contribution in [0.5, 0.6) is 0 Å². The van der Waals surface area contributed by atoms with Crippen molar-refractivity contribution in [3.05, 3.63) is 35.4 Å². The Morgan fingerprint density at radius 3 is 2.88 bits per heavy atom. The number of nitrogens with zero attached hydrogens (tertiary/aromatic N) is 1. The largest absolute Gasteiger partial charge is 0.377 e. The Morgan fingerprint density at radius 2 is 2.19 bits per heavy atom. The summed E-state index contributed by atoms with van der Waals surface area (Å²) in [7, 11) is 0. The first kappa shape index (κ1) is 12.7. The van der Waals surface area contributed by atoms with Gasteiger partial charge < -0.3 is 4.74 Å². The molecule has 0 aliphatic heterocycles. The summed E-state index contributed by atoms with van der Waals surface area (Å²) in [4.78, 5) is 0. The molecule has 0 radical (unpaired) electrons. The van der Waals surface area contributed by atoms with Crippen LogP contribution in [0.3, 0.4) is 0 Å². The van der Waals surface area contributed by atoms with E-state index in [1.54, 1.807) is 0 Å². The van der Waals surface area contributed by atoms with Gasteiger partial charge in [0, 0.05) is 6.61 Å². The van der Waals surface area contributed by atoms with Gasteiger partial charge in [0.2, 0.25) is 0 Å². The van der Waals surface area contributed by atoms with E-state index in [0.29, 0.717) is 12.2 Å². The van der Waals surface area contributed by atoms with Gasteiger partial charge in [0.15, 0.2) is 0 Å². The monoisotopic (exact) mass is 217 g/mol. The smallest absolute Gasteiger partial charge is 0.0991 e. The highest BCUT2D eigenvalue weighted by molar-refractivity contribution is 5.32. The molecule has 0 aromatic heterocycles. The van der Waals surface area contributed by atoms with E-state index in [0.717, 1.165) is 24.5 Å². The molecule has 0 amide bonds. The molecule has 2 heteroatoms. The molecule has 0 saturated heterocycles. The summed E-state index contributed by atoms with van der Waals surface area (Å²) in [6, 6.07) is 9.70. The predicted octanol–water partition coefficient (Wildman–Crippen LogP) is 3.51. The highest BCUT2D eigenvalue weighted by Gasteiger charge is 1.97. The first-order valence-corrected chi connectivity index (χ1v) is 5.79. The summed E-state index contributed by atoms with van der Waals surface area (Å²) in [5, 5.41) is 8.74. The number of hydrogen-bond donors (Lipinski definition) is 0. The molecule has 0 saturated carbocycles. The molecule has 1 aromatic carbocycles. The van der Waals surface area contributed by atoms with Crippen LogP contribution in [0.2, 0.25) is 0 Å². The summed E-state index contributed by atoms with van der Waals surface area (Å²) < 4.78 is 5.56. The molecule has 1 aromatic rings. The summed E-state index contributed by atoms with van der Waals surface area (Å²) in [5.41, 5.74) is 1.77. The van der Waals surface area contributed by atoms with Crippen molar-refractivity contribution in [1.82, 2.24) is 0 Å². The number of benzene rings is 1. The lowest BCUT2D eigenvalue weighted by molar-refractivity contribution is 0.115. The van der Waals surface area contributed by atoms with Crippen molar-refractivity contribution in [3.8, 4) is 6.07 Å². The van der Waals surface area contributed by atoms with E-state index in [2.05, 4.69) is 19.9 Å². The van der Waals surface area contributed by atoms with Crippen LogP contribution in [0.25, 0.3) is 0 Å². The summed E-state index contributed by atoms with van der Waals surface area (Å²) in [5.74, 6) is 0.741. The van der Waals surface area contributed by atoms with Crippen LogP contribution in [0.15, 0.2) is 24.3 Å². The lowest BCUT2D eigenvalue weighted by Crippen LogP contribution is -1.98. The van der Waals surface area contributed by atoms with Crippen molar-refractivity contribution in [2.75, 3.05) is 6.61 Å². The molecule has 0 aliphatic rings. The van der Waals surface area contributed by atoms with E-state index in [1.165, 1.54) is 6.42 Å². The van der Waals surface area contributed by atoms with Crippen LogP contribution in [-0.2, 0) is 11.3 Å². The summed E-state index contributed by atoms with van der Waals surface area (Å²) in [6.07, 6.45) is 2.31. The predicted molar refractivity (Wildman–Crippen MR) is 64.9 cm³/mol. The average molecular weight is 217 g/mol. The molecule has 0 atom stereocenters. The topological polar surface area (TPSA) is 33.0 Å². The van der Waals surface area contributed by atoms with Gasteiger partial charge in [0.1, 0.15) is 0 Å². The molecular formula is C14H19NO. The Morgan fingerprint density at radius 1 is 1.38 bits per heavy atom. The Balaban J connectivity index is 2.24. The molecule has 0 bridgehead atoms. The fraction of sp³-hybridized carbons (Fsp3) is 0.500. The normalized spacial score (nSPS) is 10.4. The van der Waals surface area contributed by atoms with E-state index in [1.807, 2.05) is 24.3 Å². The Labute approximate surface area is 97.9 Å². The van der Waals surface area contributed by atoms with Crippen molar-refractivity contribution in [2.45, 2.75) is 33.3 Å². The number of rotatable bonds is 6. The van der Waals surface area contributed by atoms with Crippen molar-refractivity contribution in [2.24, 2.45) is 5.92 Å². The lowest BCUT2D eigenvalue weighted by atomic mass is 10.1. The zero-order valence-electron chi connectivity index (χ0n) is 10.1. The van der Waals surface area contributed by atoms with Gasteiger partial charge >= 0.3 is 0 Å². The number of nitriles is 1. The van der Waals surface area contributed by atoms with Gasteiger partial charge in [-0.25, -0.2) is 0 Å². The van der Waals surface area contributed by atoms with Gasteiger partial charge in [0.25, 0.3) is 0 Å². The third-order valence-electron chi connectivity index (χ3n) is 2.39. The summed E-state index contributed by atoms with van der Waals surface area (Å²) >= 11 is 0. The first-order chi connectivity index (χ1) is 7.72. The Hall–Kier alpha value is -1.33. The fourth-order valence-electron chi connectivity index (χ4n) is 1.51. The molecular weight excluding hydrogens is 198 g/mol. The van der Waals surface area contributed by atoms with Crippen LogP contribution < -0.4 is 0 Å². The molecule has 0 fully saturated rings. The minimum atomic E-state index is 0.605. The van der Waals surface area contributed by atoms with E-state index in [-0.39, 0.29) is 0 Å². The van der Waals surface area contributed by atoms with E-state index >= 15 is 0 Å². The number of hydrogen-bond acceptors (Lipinski definition) is 2. The van der Waals surface area contributed by atoms with Gasteiger partial charge in [-0.05, 0) is 36.5 Å².